The van der Waals surface area contributed by atoms with Crippen molar-refractivity contribution in [1.29, 1.82) is 0 Å². The molecular weight excluding hydrogens is 322 g/mol. The quantitative estimate of drug-likeness (QED) is 0.787. The van der Waals surface area contributed by atoms with Crippen LogP contribution in [-0.4, -0.2) is 38.4 Å². The van der Waals surface area contributed by atoms with Crippen molar-refractivity contribution < 1.29 is 14.3 Å². The van der Waals surface area contributed by atoms with E-state index in [9.17, 15) is 4.79 Å². The van der Waals surface area contributed by atoms with Gasteiger partial charge in [-0.15, -0.1) is 5.10 Å². The molecule has 1 aromatic carbocycles. The lowest BCUT2D eigenvalue weighted by molar-refractivity contribution is 0.0634. The van der Waals surface area contributed by atoms with Crippen LogP contribution in [0.1, 0.15) is 20.8 Å². The molecule has 0 aliphatic heterocycles. The minimum Gasteiger partial charge on any atom is -0.497 e. The van der Waals surface area contributed by atoms with E-state index in [0.29, 0.717) is 5.78 Å². The summed E-state index contributed by atoms with van der Waals surface area (Å²) in [5.41, 5.74) is 1.06. The Morgan fingerprint density at radius 1 is 1.24 bits per heavy atom. The number of rotatable bonds is 3. The Hall–Kier alpha value is -3.16. The van der Waals surface area contributed by atoms with Crippen LogP contribution in [0.25, 0.3) is 17.0 Å². The van der Waals surface area contributed by atoms with E-state index in [-0.39, 0.29) is 5.95 Å². The van der Waals surface area contributed by atoms with Crippen LogP contribution in [0.3, 0.4) is 0 Å². The van der Waals surface area contributed by atoms with Gasteiger partial charge >= 0.3 is 6.09 Å². The fourth-order valence-corrected chi connectivity index (χ4v) is 2.24. The van der Waals surface area contributed by atoms with Gasteiger partial charge < -0.3 is 9.47 Å². The first-order chi connectivity index (χ1) is 11.9. The normalized spacial score (nSPS) is 11.4. The van der Waals surface area contributed by atoms with Crippen molar-refractivity contribution in [2.75, 3.05) is 12.4 Å². The largest absolute Gasteiger partial charge is 0.497 e. The van der Waals surface area contributed by atoms with Gasteiger partial charge in [0, 0.05) is 11.8 Å². The summed E-state index contributed by atoms with van der Waals surface area (Å²) in [4.78, 5) is 20.3. The van der Waals surface area contributed by atoms with E-state index in [2.05, 4.69) is 20.4 Å². The summed E-state index contributed by atoms with van der Waals surface area (Å²) in [7, 11) is 1.61. The number of methoxy groups -OCH3 is 1. The van der Waals surface area contributed by atoms with Crippen molar-refractivity contribution in [1.82, 2.24) is 19.6 Å². The number of ether oxygens (including phenoxy) is 2. The molecular formula is C17H19N5O3. The van der Waals surface area contributed by atoms with Crippen LogP contribution in [0.4, 0.5) is 10.7 Å². The predicted molar refractivity (Wildman–Crippen MR) is 92.6 cm³/mol. The van der Waals surface area contributed by atoms with Crippen molar-refractivity contribution in [3.63, 3.8) is 0 Å². The fraction of sp³-hybridized carbons (Fsp3) is 0.294. The smallest absolute Gasteiger partial charge is 0.414 e. The topological polar surface area (TPSA) is 90.6 Å². The first kappa shape index (κ1) is 16.7. The van der Waals surface area contributed by atoms with Gasteiger partial charge in [0.25, 0.3) is 11.7 Å². The van der Waals surface area contributed by atoms with Crippen LogP contribution in [0.15, 0.2) is 36.5 Å². The van der Waals surface area contributed by atoms with Crippen molar-refractivity contribution in [2.24, 2.45) is 0 Å². The molecule has 3 rings (SSSR count). The van der Waals surface area contributed by atoms with Crippen LogP contribution < -0.4 is 10.1 Å². The molecule has 0 aliphatic rings. The van der Waals surface area contributed by atoms with E-state index >= 15 is 0 Å². The lowest BCUT2D eigenvalue weighted by Crippen LogP contribution is -2.27. The van der Waals surface area contributed by atoms with Crippen LogP contribution in [-0.2, 0) is 4.74 Å². The molecule has 1 amide bonds. The Balaban J connectivity index is 1.94. The first-order valence-corrected chi connectivity index (χ1v) is 7.72. The summed E-state index contributed by atoms with van der Waals surface area (Å²) in [5, 5.41) is 6.83. The average molecular weight is 341 g/mol. The predicted octanol–water partition coefficient (Wildman–Crippen LogP) is 3.15. The van der Waals surface area contributed by atoms with Crippen molar-refractivity contribution in [3.05, 3.63) is 36.5 Å². The van der Waals surface area contributed by atoms with Crippen LogP contribution in [0.2, 0.25) is 0 Å². The third-order valence-corrected chi connectivity index (χ3v) is 3.22. The number of carbonyl (C=O) groups excluding carboxylic acids is 1. The average Bonchev–Trinajstić information content (AvgIpc) is 2.95. The van der Waals surface area contributed by atoms with E-state index in [4.69, 9.17) is 9.47 Å². The van der Waals surface area contributed by atoms with Crippen LogP contribution in [0.5, 0.6) is 5.75 Å². The summed E-state index contributed by atoms with van der Waals surface area (Å²) in [6.07, 6.45) is 1.02. The molecule has 0 aliphatic carbocycles. The van der Waals surface area contributed by atoms with E-state index in [1.807, 2.05) is 30.3 Å². The van der Waals surface area contributed by atoms with E-state index in [0.717, 1.165) is 17.0 Å². The number of hydrogen-bond acceptors (Lipinski definition) is 6. The van der Waals surface area contributed by atoms with Gasteiger partial charge in [-0.05, 0) is 39.0 Å². The number of anilines is 1. The highest BCUT2D eigenvalue weighted by molar-refractivity contribution is 5.82. The van der Waals surface area contributed by atoms with Gasteiger partial charge in [0.15, 0.2) is 0 Å². The maximum Gasteiger partial charge on any atom is 0.414 e. The minimum atomic E-state index is -0.619. The standard InChI is InChI=1S/C17H19N5O3/c1-17(2,3)25-16(23)20-14-19-15-18-9-8-13(22(15)21-14)11-6-5-7-12(10-11)24-4/h5-10H,1-4H3,(H,20,21,23). The SMILES string of the molecule is COc1cccc(-c2ccnc3nc(NC(=O)OC(C)(C)C)nn23)c1. The van der Waals surface area contributed by atoms with Crippen LogP contribution in [0, 0.1) is 0 Å². The van der Waals surface area contributed by atoms with Gasteiger partial charge in [-0.3, -0.25) is 5.32 Å². The monoisotopic (exact) mass is 341 g/mol. The van der Waals surface area contributed by atoms with Crippen LogP contribution >= 0.6 is 0 Å². The molecule has 8 nitrogen and oxygen atoms in total. The number of fused-ring (bicyclic) bond motifs is 1. The number of nitrogens with one attached hydrogen (secondary N) is 1. The molecule has 0 saturated heterocycles. The molecule has 2 aromatic heterocycles. The molecule has 3 aromatic rings. The highest BCUT2D eigenvalue weighted by atomic mass is 16.6. The van der Waals surface area contributed by atoms with Gasteiger partial charge in [-0.2, -0.15) is 9.50 Å². The third kappa shape index (κ3) is 3.85. The van der Waals surface area contributed by atoms with Crippen molar-refractivity contribution in [2.45, 2.75) is 26.4 Å². The summed E-state index contributed by atoms with van der Waals surface area (Å²) >= 11 is 0. The zero-order chi connectivity index (χ0) is 18.0. The third-order valence-electron chi connectivity index (χ3n) is 3.22. The van der Waals surface area contributed by atoms with Gasteiger partial charge in [-0.25, -0.2) is 9.78 Å². The number of amides is 1. The maximum absolute atomic E-state index is 11.9. The van der Waals surface area contributed by atoms with E-state index < -0.39 is 11.7 Å². The zero-order valence-electron chi connectivity index (χ0n) is 14.5. The van der Waals surface area contributed by atoms with Gasteiger partial charge in [-0.1, -0.05) is 12.1 Å². The molecule has 1 N–H and O–H groups in total. The Morgan fingerprint density at radius 2 is 2.04 bits per heavy atom. The second-order valence-corrected chi connectivity index (χ2v) is 6.34. The lowest BCUT2D eigenvalue weighted by Gasteiger charge is -2.18. The Kier molecular flexibility index (Phi) is 4.26. The minimum absolute atomic E-state index is 0.122. The lowest BCUT2D eigenvalue weighted by atomic mass is 10.1. The highest BCUT2D eigenvalue weighted by Gasteiger charge is 2.18. The first-order valence-electron chi connectivity index (χ1n) is 7.72. The Labute approximate surface area is 144 Å². The number of aromatic nitrogens is 4. The zero-order valence-corrected chi connectivity index (χ0v) is 14.5. The summed E-state index contributed by atoms with van der Waals surface area (Å²) in [5.74, 6) is 1.22. The molecule has 8 heteroatoms. The highest BCUT2D eigenvalue weighted by Crippen LogP contribution is 2.24. The summed E-state index contributed by atoms with van der Waals surface area (Å²) in [6.45, 7) is 5.35. The fourth-order valence-electron chi connectivity index (χ4n) is 2.24. The molecule has 0 bridgehead atoms. The second-order valence-electron chi connectivity index (χ2n) is 6.34. The molecule has 0 radical (unpaired) electrons. The molecule has 0 spiro atoms. The Morgan fingerprint density at radius 3 is 2.76 bits per heavy atom. The molecule has 2 heterocycles. The molecule has 0 unspecified atom stereocenters. The second kappa shape index (κ2) is 6.39. The summed E-state index contributed by atoms with van der Waals surface area (Å²) < 4.78 is 12.0. The number of carbonyl (C=O) groups is 1. The molecule has 0 atom stereocenters. The molecule has 25 heavy (non-hydrogen) atoms. The van der Waals surface area contributed by atoms with E-state index in [1.54, 1.807) is 38.6 Å². The maximum atomic E-state index is 11.9. The Bertz CT molecular complexity index is 914. The van der Waals surface area contributed by atoms with Crippen molar-refractivity contribution in [3.8, 4) is 17.0 Å². The number of nitrogens with zero attached hydrogens (tertiary/aromatic N) is 4. The number of hydrogen-bond donors (Lipinski definition) is 1. The molecule has 0 fully saturated rings. The molecule has 130 valence electrons. The van der Waals surface area contributed by atoms with Gasteiger partial charge in [0.05, 0.1) is 12.8 Å². The van der Waals surface area contributed by atoms with Gasteiger partial charge in [0.1, 0.15) is 11.4 Å². The van der Waals surface area contributed by atoms with Crippen molar-refractivity contribution >= 4 is 17.8 Å². The summed E-state index contributed by atoms with van der Waals surface area (Å²) in [6, 6.07) is 9.38. The molecule has 0 saturated carbocycles. The van der Waals surface area contributed by atoms with Gasteiger partial charge in [0.2, 0.25) is 0 Å². The van der Waals surface area contributed by atoms with E-state index in [1.165, 1.54) is 0 Å². The number of benzene rings is 1.